The Kier molecular flexibility index (Phi) is 6.66. The Hall–Kier alpha value is -2.91. The van der Waals surface area contributed by atoms with E-state index in [0.29, 0.717) is 18.8 Å². The van der Waals surface area contributed by atoms with E-state index in [1.165, 1.54) is 6.07 Å². The first kappa shape index (κ1) is 22.8. The molecule has 6 nitrogen and oxygen atoms in total. The number of alkyl halides is 3. The number of nitrogens with zero attached hydrogens (tertiary/aromatic N) is 1. The Labute approximate surface area is 178 Å². The first-order chi connectivity index (χ1) is 14.5. The SMILES string of the molecule is Cc1ccc(NC(=O)c2cc(NC(=O)[C@@H]3COCCN3C)cc(C(F)(F)F)c2)c(C)c1. The second kappa shape index (κ2) is 9.07. The van der Waals surface area contributed by atoms with E-state index in [0.717, 1.165) is 23.3 Å². The molecule has 3 rings (SSSR count). The number of rotatable bonds is 4. The Morgan fingerprint density at radius 3 is 2.48 bits per heavy atom. The maximum Gasteiger partial charge on any atom is 0.416 e. The van der Waals surface area contributed by atoms with Gasteiger partial charge >= 0.3 is 6.18 Å². The van der Waals surface area contributed by atoms with Crippen molar-refractivity contribution >= 4 is 23.2 Å². The van der Waals surface area contributed by atoms with Gasteiger partial charge in [0.1, 0.15) is 6.04 Å². The topological polar surface area (TPSA) is 70.7 Å². The number of anilines is 2. The zero-order valence-electron chi connectivity index (χ0n) is 17.5. The maximum atomic E-state index is 13.4. The van der Waals surface area contributed by atoms with E-state index in [-0.39, 0.29) is 17.9 Å². The molecule has 2 N–H and O–H groups in total. The Morgan fingerprint density at radius 2 is 1.84 bits per heavy atom. The number of aryl methyl sites for hydroxylation is 2. The summed E-state index contributed by atoms with van der Waals surface area (Å²) >= 11 is 0. The fraction of sp³-hybridized carbons (Fsp3) is 0.364. The number of hydrogen-bond donors (Lipinski definition) is 2. The smallest absolute Gasteiger partial charge is 0.378 e. The summed E-state index contributed by atoms with van der Waals surface area (Å²) in [7, 11) is 1.74. The number of ether oxygens (including phenoxy) is 1. The highest BCUT2D eigenvalue weighted by molar-refractivity contribution is 6.06. The second-order valence-electron chi connectivity index (χ2n) is 7.63. The van der Waals surface area contributed by atoms with Gasteiger partial charge < -0.3 is 15.4 Å². The summed E-state index contributed by atoms with van der Waals surface area (Å²) < 4.78 is 45.6. The molecule has 1 aliphatic rings. The molecule has 2 amide bonds. The highest BCUT2D eigenvalue weighted by atomic mass is 19.4. The van der Waals surface area contributed by atoms with Crippen LogP contribution in [0.2, 0.25) is 0 Å². The predicted molar refractivity (Wildman–Crippen MR) is 111 cm³/mol. The number of carbonyl (C=O) groups is 2. The van der Waals surface area contributed by atoms with Crippen molar-refractivity contribution in [3.05, 3.63) is 58.7 Å². The number of likely N-dealkylation sites (N-methyl/N-ethyl adjacent to an activating group) is 1. The van der Waals surface area contributed by atoms with Gasteiger partial charge in [0.15, 0.2) is 0 Å². The Balaban J connectivity index is 1.87. The molecule has 1 fully saturated rings. The minimum absolute atomic E-state index is 0.107. The van der Waals surface area contributed by atoms with Crippen LogP contribution in [-0.2, 0) is 15.7 Å². The molecule has 166 valence electrons. The molecule has 1 heterocycles. The number of carbonyl (C=O) groups excluding carboxylic acids is 2. The summed E-state index contributed by atoms with van der Waals surface area (Å²) in [5.41, 5.74) is 0.942. The van der Waals surface area contributed by atoms with E-state index in [1.54, 1.807) is 31.0 Å². The van der Waals surface area contributed by atoms with Gasteiger partial charge in [-0.2, -0.15) is 13.2 Å². The summed E-state index contributed by atoms with van der Waals surface area (Å²) in [4.78, 5) is 27.0. The molecule has 2 aromatic rings. The minimum atomic E-state index is -4.68. The van der Waals surface area contributed by atoms with Crippen LogP contribution in [0.5, 0.6) is 0 Å². The minimum Gasteiger partial charge on any atom is -0.378 e. The van der Waals surface area contributed by atoms with Gasteiger partial charge in [-0.1, -0.05) is 17.7 Å². The van der Waals surface area contributed by atoms with Crippen molar-refractivity contribution < 1.29 is 27.5 Å². The fourth-order valence-corrected chi connectivity index (χ4v) is 3.33. The van der Waals surface area contributed by atoms with Crippen LogP contribution < -0.4 is 10.6 Å². The number of halogens is 3. The lowest BCUT2D eigenvalue weighted by atomic mass is 10.1. The molecule has 2 aromatic carbocycles. The first-order valence-electron chi connectivity index (χ1n) is 9.74. The van der Waals surface area contributed by atoms with Crippen molar-refractivity contribution in [1.82, 2.24) is 4.90 Å². The van der Waals surface area contributed by atoms with Crippen molar-refractivity contribution in [2.75, 3.05) is 37.4 Å². The number of amides is 2. The highest BCUT2D eigenvalue weighted by Gasteiger charge is 2.33. The van der Waals surface area contributed by atoms with Crippen molar-refractivity contribution in [1.29, 1.82) is 0 Å². The van der Waals surface area contributed by atoms with Gasteiger partial charge in [0.2, 0.25) is 5.91 Å². The van der Waals surface area contributed by atoms with Crippen LogP contribution in [-0.4, -0.2) is 49.6 Å². The van der Waals surface area contributed by atoms with Gasteiger partial charge in [0.25, 0.3) is 5.91 Å². The molecule has 1 aliphatic heterocycles. The van der Waals surface area contributed by atoms with Crippen molar-refractivity contribution in [3.8, 4) is 0 Å². The molecule has 1 atom stereocenters. The van der Waals surface area contributed by atoms with E-state index in [2.05, 4.69) is 10.6 Å². The maximum absolute atomic E-state index is 13.4. The van der Waals surface area contributed by atoms with Crippen LogP contribution in [0.3, 0.4) is 0 Å². The number of benzene rings is 2. The monoisotopic (exact) mass is 435 g/mol. The summed E-state index contributed by atoms with van der Waals surface area (Å²) in [5.74, 6) is -1.20. The molecule has 0 bridgehead atoms. The number of nitrogens with one attached hydrogen (secondary N) is 2. The number of hydrogen-bond acceptors (Lipinski definition) is 4. The molecular weight excluding hydrogens is 411 g/mol. The largest absolute Gasteiger partial charge is 0.416 e. The Morgan fingerprint density at radius 1 is 1.10 bits per heavy atom. The van der Waals surface area contributed by atoms with Crippen LogP contribution in [0.15, 0.2) is 36.4 Å². The number of morpholine rings is 1. The van der Waals surface area contributed by atoms with Gasteiger partial charge in [-0.3, -0.25) is 14.5 Å². The van der Waals surface area contributed by atoms with Gasteiger partial charge in [0, 0.05) is 23.5 Å². The molecule has 31 heavy (non-hydrogen) atoms. The van der Waals surface area contributed by atoms with E-state index in [1.807, 2.05) is 13.0 Å². The molecule has 1 saturated heterocycles. The highest BCUT2D eigenvalue weighted by Crippen LogP contribution is 2.32. The van der Waals surface area contributed by atoms with Gasteiger partial charge in [-0.05, 0) is 50.7 Å². The fourth-order valence-electron chi connectivity index (χ4n) is 3.33. The first-order valence-corrected chi connectivity index (χ1v) is 9.74. The molecule has 9 heteroatoms. The molecule has 0 spiro atoms. The summed E-state index contributed by atoms with van der Waals surface area (Å²) in [6.45, 7) is 4.84. The van der Waals surface area contributed by atoms with Crippen LogP contribution in [0.25, 0.3) is 0 Å². The van der Waals surface area contributed by atoms with Crippen LogP contribution in [0.4, 0.5) is 24.5 Å². The van der Waals surface area contributed by atoms with Gasteiger partial charge in [0.05, 0.1) is 18.8 Å². The van der Waals surface area contributed by atoms with Crippen LogP contribution in [0.1, 0.15) is 27.0 Å². The third-order valence-corrected chi connectivity index (χ3v) is 5.12. The molecule has 0 saturated carbocycles. The van der Waals surface area contributed by atoms with E-state index < -0.39 is 29.6 Å². The van der Waals surface area contributed by atoms with E-state index >= 15 is 0 Å². The third kappa shape index (κ3) is 5.62. The lowest BCUT2D eigenvalue weighted by molar-refractivity contribution is -0.137. The zero-order chi connectivity index (χ0) is 22.8. The molecule has 0 unspecified atom stereocenters. The quantitative estimate of drug-likeness (QED) is 0.766. The van der Waals surface area contributed by atoms with Crippen LogP contribution in [0, 0.1) is 13.8 Å². The summed E-state index contributed by atoms with van der Waals surface area (Å²) in [6.07, 6.45) is -4.68. The van der Waals surface area contributed by atoms with E-state index in [4.69, 9.17) is 4.74 Å². The molecular formula is C22H24F3N3O3. The second-order valence-corrected chi connectivity index (χ2v) is 7.63. The van der Waals surface area contributed by atoms with Gasteiger partial charge in [-0.25, -0.2) is 0 Å². The average molecular weight is 435 g/mol. The molecule has 0 aliphatic carbocycles. The standard InChI is InChI=1S/C22H24F3N3O3/c1-13-4-5-18(14(2)8-13)27-20(29)15-9-16(22(23,24)25)11-17(10-15)26-21(30)19-12-31-7-6-28(19)3/h4-5,8-11,19H,6-7,12H2,1-3H3,(H,26,30)(H,27,29)/t19-/m0/s1. The molecule has 0 radical (unpaired) electrons. The normalized spacial score (nSPS) is 17.3. The summed E-state index contributed by atoms with van der Waals surface area (Å²) in [6, 6.07) is 7.53. The van der Waals surface area contributed by atoms with Gasteiger partial charge in [-0.15, -0.1) is 0 Å². The average Bonchev–Trinajstić information content (AvgIpc) is 2.69. The summed E-state index contributed by atoms with van der Waals surface area (Å²) in [5, 5.41) is 5.13. The van der Waals surface area contributed by atoms with Crippen molar-refractivity contribution in [2.24, 2.45) is 0 Å². The van der Waals surface area contributed by atoms with E-state index in [9.17, 15) is 22.8 Å². The lowest BCUT2D eigenvalue weighted by Gasteiger charge is -2.31. The lowest BCUT2D eigenvalue weighted by Crippen LogP contribution is -2.49. The van der Waals surface area contributed by atoms with Crippen molar-refractivity contribution in [2.45, 2.75) is 26.1 Å². The van der Waals surface area contributed by atoms with Crippen molar-refractivity contribution in [3.63, 3.8) is 0 Å². The molecule has 0 aromatic heterocycles. The zero-order valence-corrected chi connectivity index (χ0v) is 17.5. The van der Waals surface area contributed by atoms with Crippen LogP contribution >= 0.6 is 0 Å². The predicted octanol–water partition coefficient (Wildman–Crippen LogP) is 3.84. The Bertz CT molecular complexity index is 992. The third-order valence-electron chi connectivity index (χ3n) is 5.12.